The SMILES string of the molecule is O=[N+]([O-])c1cccc(-c2csc(NP(=O)(/C=C(\Cl)c3ccccc3)/C=C(/Cl)c3ccccc3)n2)c1. The van der Waals surface area contributed by atoms with Crippen LogP contribution in [0.15, 0.2) is 102 Å². The van der Waals surface area contributed by atoms with Crippen LogP contribution in [-0.2, 0) is 4.57 Å². The lowest BCUT2D eigenvalue weighted by Crippen LogP contribution is -1.94. The van der Waals surface area contributed by atoms with Gasteiger partial charge in [-0.1, -0.05) is 96.0 Å². The van der Waals surface area contributed by atoms with Gasteiger partial charge in [0.05, 0.1) is 20.7 Å². The first-order valence-corrected chi connectivity index (χ1v) is 13.8. The molecule has 4 aromatic rings. The lowest BCUT2D eigenvalue weighted by molar-refractivity contribution is -0.384. The van der Waals surface area contributed by atoms with Crippen LogP contribution in [0.3, 0.4) is 0 Å². The predicted molar refractivity (Wildman–Crippen MR) is 146 cm³/mol. The molecule has 6 nitrogen and oxygen atoms in total. The third-order valence-corrected chi connectivity index (χ3v) is 8.55. The Bertz CT molecular complexity index is 1400. The molecule has 10 heteroatoms. The first kappa shape index (κ1) is 24.9. The van der Waals surface area contributed by atoms with Gasteiger partial charge in [-0.25, -0.2) is 4.98 Å². The number of nitro groups is 1. The van der Waals surface area contributed by atoms with E-state index in [1.54, 1.807) is 17.5 Å². The fourth-order valence-electron chi connectivity index (χ4n) is 3.17. The highest BCUT2D eigenvalue weighted by Crippen LogP contribution is 2.54. The van der Waals surface area contributed by atoms with Gasteiger partial charge in [0, 0.05) is 34.7 Å². The topological polar surface area (TPSA) is 85.1 Å². The maximum Gasteiger partial charge on any atom is 0.270 e. The van der Waals surface area contributed by atoms with E-state index in [4.69, 9.17) is 23.2 Å². The molecule has 0 radical (unpaired) electrons. The Balaban J connectivity index is 1.70. The highest BCUT2D eigenvalue weighted by atomic mass is 35.5. The van der Waals surface area contributed by atoms with Crippen molar-refractivity contribution in [2.45, 2.75) is 0 Å². The second-order valence-corrected chi connectivity index (χ2v) is 11.2. The summed E-state index contributed by atoms with van der Waals surface area (Å²) in [6.45, 7) is 0. The lowest BCUT2D eigenvalue weighted by Gasteiger charge is -2.13. The second-order valence-electron chi connectivity index (χ2n) is 7.35. The number of halogens is 2. The molecule has 0 saturated heterocycles. The van der Waals surface area contributed by atoms with Gasteiger partial charge in [0.25, 0.3) is 5.69 Å². The number of non-ortho nitro benzene ring substituents is 1. The summed E-state index contributed by atoms with van der Waals surface area (Å²) in [5, 5.41) is 16.8. The molecule has 0 spiro atoms. The number of rotatable bonds is 8. The number of aromatic nitrogens is 1. The Kier molecular flexibility index (Phi) is 7.83. The van der Waals surface area contributed by atoms with E-state index >= 15 is 0 Å². The maximum atomic E-state index is 14.1. The number of nitrogens with one attached hydrogen (secondary N) is 1. The van der Waals surface area contributed by atoms with Crippen molar-refractivity contribution >= 4 is 62.7 Å². The third-order valence-electron chi connectivity index (χ3n) is 4.84. The second kappa shape index (κ2) is 11.0. The van der Waals surface area contributed by atoms with E-state index in [2.05, 4.69) is 10.1 Å². The van der Waals surface area contributed by atoms with Crippen LogP contribution in [0.25, 0.3) is 21.3 Å². The van der Waals surface area contributed by atoms with Crippen LogP contribution in [0.2, 0.25) is 0 Å². The van der Waals surface area contributed by atoms with Crippen molar-refractivity contribution in [3.63, 3.8) is 0 Å². The van der Waals surface area contributed by atoms with E-state index in [0.717, 1.165) is 0 Å². The van der Waals surface area contributed by atoms with E-state index < -0.39 is 12.2 Å². The van der Waals surface area contributed by atoms with Gasteiger partial charge in [0.2, 0.25) is 7.29 Å². The van der Waals surface area contributed by atoms with Crippen molar-refractivity contribution in [2.24, 2.45) is 0 Å². The first-order chi connectivity index (χ1) is 16.8. The molecule has 0 bridgehead atoms. The van der Waals surface area contributed by atoms with Gasteiger partial charge in [-0.2, -0.15) is 0 Å². The fraction of sp³-hybridized carbons (Fsp3) is 0. The fourth-order valence-corrected chi connectivity index (χ4v) is 7.02. The van der Waals surface area contributed by atoms with E-state index in [1.807, 2.05) is 60.7 Å². The number of anilines is 1. The van der Waals surface area contributed by atoms with Crippen LogP contribution in [0.1, 0.15) is 11.1 Å². The van der Waals surface area contributed by atoms with Crippen molar-refractivity contribution < 1.29 is 9.49 Å². The average Bonchev–Trinajstić information content (AvgIpc) is 3.33. The Morgan fingerprint density at radius 2 is 1.49 bits per heavy atom. The Morgan fingerprint density at radius 3 is 2.03 bits per heavy atom. The molecular weight excluding hydrogens is 524 g/mol. The lowest BCUT2D eigenvalue weighted by atomic mass is 10.1. The molecule has 0 aliphatic heterocycles. The van der Waals surface area contributed by atoms with Crippen LogP contribution in [-0.4, -0.2) is 9.91 Å². The molecule has 0 saturated carbocycles. The molecule has 0 aliphatic carbocycles. The van der Waals surface area contributed by atoms with E-state index in [0.29, 0.717) is 37.6 Å². The Morgan fingerprint density at radius 1 is 0.914 bits per heavy atom. The minimum Gasteiger partial charge on any atom is -0.306 e. The monoisotopic (exact) mass is 541 g/mol. The van der Waals surface area contributed by atoms with Crippen LogP contribution in [0.5, 0.6) is 0 Å². The summed E-state index contributed by atoms with van der Waals surface area (Å²) in [5.41, 5.74) is 2.47. The van der Waals surface area contributed by atoms with E-state index in [9.17, 15) is 14.7 Å². The molecule has 1 unspecified atom stereocenters. The number of hydrogen-bond acceptors (Lipinski definition) is 5. The van der Waals surface area contributed by atoms with E-state index in [-0.39, 0.29) is 5.69 Å². The smallest absolute Gasteiger partial charge is 0.270 e. The number of nitro benzene ring substituents is 1. The Hall–Kier alpha value is -3.22. The van der Waals surface area contributed by atoms with Gasteiger partial charge in [0.15, 0.2) is 5.13 Å². The summed E-state index contributed by atoms with van der Waals surface area (Å²) < 4.78 is 14.1. The molecule has 0 fully saturated rings. The molecule has 0 aliphatic rings. The molecular formula is C25H18Cl2N3O3PS. The summed E-state index contributed by atoms with van der Waals surface area (Å²) in [6.07, 6.45) is 0. The third kappa shape index (κ3) is 6.47. The van der Waals surface area contributed by atoms with Gasteiger partial charge in [-0.3, -0.25) is 14.7 Å². The predicted octanol–water partition coefficient (Wildman–Crippen LogP) is 8.88. The summed E-state index contributed by atoms with van der Waals surface area (Å²) in [7, 11) is -3.49. The minimum atomic E-state index is -3.49. The highest BCUT2D eigenvalue weighted by molar-refractivity contribution is 7.72. The number of thiazole rings is 1. The zero-order chi connectivity index (χ0) is 24.8. The summed E-state index contributed by atoms with van der Waals surface area (Å²) in [6, 6.07) is 24.5. The summed E-state index contributed by atoms with van der Waals surface area (Å²) in [5.74, 6) is 2.90. The van der Waals surface area contributed by atoms with Crippen LogP contribution in [0.4, 0.5) is 10.8 Å². The summed E-state index contributed by atoms with van der Waals surface area (Å²) in [4.78, 5) is 15.1. The molecule has 1 heterocycles. The molecule has 35 heavy (non-hydrogen) atoms. The number of hydrogen-bond donors (Lipinski definition) is 1. The van der Waals surface area contributed by atoms with Crippen molar-refractivity contribution in [3.8, 4) is 11.3 Å². The van der Waals surface area contributed by atoms with Crippen LogP contribution in [0, 0.1) is 10.1 Å². The normalized spacial score (nSPS) is 13.8. The largest absolute Gasteiger partial charge is 0.306 e. The van der Waals surface area contributed by atoms with Gasteiger partial charge in [-0.05, 0) is 11.1 Å². The van der Waals surface area contributed by atoms with E-state index in [1.165, 1.54) is 35.1 Å². The zero-order valence-corrected chi connectivity index (χ0v) is 21.3. The number of nitrogens with zero attached hydrogens (tertiary/aromatic N) is 2. The molecule has 176 valence electrons. The highest BCUT2D eigenvalue weighted by Gasteiger charge is 2.22. The van der Waals surface area contributed by atoms with Gasteiger partial charge >= 0.3 is 0 Å². The summed E-state index contributed by atoms with van der Waals surface area (Å²) >= 11 is 14.3. The van der Waals surface area contributed by atoms with Crippen LogP contribution >= 0.6 is 41.8 Å². The minimum absolute atomic E-state index is 0.0363. The molecule has 4 rings (SSSR count). The van der Waals surface area contributed by atoms with Crippen molar-refractivity contribution in [1.82, 2.24) is 4.98 Å². The zero-order valence-electron chi connectivity index (χ0n) is 18.0. The molecule has 1 aromatic heterocycles. The van der Waals surface area contributed by atoms with Crippen molar-refractivity contribution in [2.75, 3.05) is 5.09 Å². The standard InChI is InChI=1S/C25H18Cl2N3O3PS/c26-22(18-8-3-1-4-9-18)15-34(33,16-23(27)19-10-5-2-6-11-19)29-25-28-24(17-35-25)20-12-7-13-21(14-20)30(31)32/h1-17H,(H,28,29,33)/b22-15-,23-16+. The quantitative estimate of drug-likeness (QED) is 0.137. The average molecular weight is 542 g/mol. The van der Waals surface area contributed by atoms with Gasteiger partial charge < -0.3 is 5.09 Å². The molecule has 1 atom stereocenters. The number of benzene rings is 3. The molecule has 1 N–H and O–H groups in total. The van der Waals surface area contributed by atoms with Crippen LogP contribution < -0.4 is 5.09 Å². The van der Waals surface area contributed by atoms with Gasteiger partial charge in [-0.15, -0.1) is 11.3 Å². The van der Waals surface area contributed by atoms with Crippen molar-refractivity contribution in [1.29, 1.82) is 0 Å². The Labute approximate surface area is 216 Å². The van der Waals surface area contributed by atoms with Crippen molar-refractivity contribution in [3.05, 3.63) is 123 Å². The van der Waals surface area contributed by atoms with Gasteiger partial charge in [0.1, 0.15) is 0 Å². The molecule has 3 aromatic carbocycles. The maximum absolute atomic E-state index is 14.1. The molecule has 0 amide bonds. The first-order valence-electron chi connectivity index (χ1n) is 10.3.